The van der Waals surface area contributed by atoms with Gasteiger partial charge in [0.05, 0.1) is 30.4 Å². The number of hydrogen-bond acceptors (Lipinski definition) is 6. The lowest BCUT2D eigenvalue weighted by Gasteiger charge is -2.16. The molecule has 16 heavy (non-hydrogen) atoms. The molecule has 1 rings (SSSR count). The Balaban J connectivity index is 2.75. The third kappa shape index (κ3) is 2.92. The Morgan fingerprint density at radius 1 is 1.50 bits per heavy atom. The van der Waals surface area contributed by atoms with Gasteiger partial charge in [-0.05, 0) is 6.07 Å². The molecule has 0 unspecified atom stereocenters. The Hall–Kier alpha value is -2.15. The second-order valence-corrected chi connectivity index (χ2v) is 2.96. The van der Waals surface area contributed by atoms with Crippen molar-refractivity contribution >= 4 is 11.9 Å². The molecule has 0 saturated heterocycles. The van der Waals surface area contributed by atoms with E-state index >= 15 is 0 Å². The van der Waals surface area contributed by atoms with E-state index in [4.69, 9.17) is 10.2 Å². The van der Waals surface area contributed by atoms with Crippen LogP contribution < -0.4 is 10.4 Å². The molecule has 7 heteroatoms. The normalized spacial score (nSPS) is 11.8. The molecule has 1 aromatic heterocycles. The monoisotopic (exact) mass is 225 g/mol. The number of pyridine rings is 1. The van der Waals surface area contributed by atoms with Crippen LogP contribution in [0, 0.1) is 0 Å². The van der Waals surface area contributed by atoms with Gasteiger partial charge < -0.3 is 25.4 Å². The van der Waals surface area contributed by atoms with Crippen molar-refractivity contribution in [3.63, 3.8) is 0 Å². The van der Waals surface area contributed by atoms with Crippen LogP contribution in [0.5, 0.6) is 5.75 Å². The van der Waals surface area contributed by atoms with Crippen molar-refractivity contribution < 1.29 is 24.9 Å². The first-order valence-electron chi connectivity index (χ1n) is 4.31. The molecule has 7 nitrogen and oxygen atoms in total. The molecular formula is C9H9N2O5-. The highest BCUT2D eigenvalue weighted by molar-refractivity contribution is 5.96. The largest absolute Gasteiger partial charge is 0.548 e. The summed E-state index contributed by atoms with van der Waals surface area (Å²) in [5.74, 6) is -2.59. The van der Waals surface area contributed by atoms with Crippen LogP contribution in [-0.2, 0) is 4.79 Å². The lowest BCUT2D eigenvalue weighted by atomic mass is 10.2. The minimum Gasteiger partial charge on any atom is -0.548 e. The number of aromatic nitrogens is 1. The molecule has 1 heterocycles. The molecule has 1 atom stereocenters. The maximum Gasteiger partial charge on any atom is 0.253 e. The maximum atomic E-state index is 11.4. The lowest BCUT2D eigenvalue weighted by Crippen LogP contribution is -2.50. The van der Waals surface area contributed by atoms with Gasteiger partial charge in [0.2, 0.25) is 0 Å². The Kier molecular flexibility index (Phi) is 3.78. The summed E-state index contributed by atoms with van der Waals surface area (Å²) in [5.41, 5.74) is -0.0142. The van der Waals surface area contributed by atoms with Crippen molar-refractivity contribution in [1.29, 1.82) is 0 Å². The predicted molar refractivity (Wildman–Crippen MR) is 49.2 cm³/mol. The number of hydrogen-bond donors (Lipinski definition) is 3. The van der Waals surface area contributed by atoms with E-state index in [0.717, 1.165) is 18.5 Å². The lowest BCUT2D eigenvalue weighted by molar-refractivity contribution is -0.308. The first kappa shape index (κ1) is 11.9. The number of rotatable bonds is 4. The second kappa shape index (κ2) is 5.08. The van der Waals surface area contributed by atoms with Crippen LogP contribution in [0.25, 0.3) is 0 Å². The summed E-state index contributed by atoms with van der Waals surface area (Å²) in [5, 5.41) is 30.1. The van der Waals surface area contributed by atoms with Gasteiger partial charge in [0.25, 0.3) is 5.91 Å². The van der Waals surface area contributed by atoms with Crippen LogP contribution in [-0.4, -0.2) is 39.7 Å². The van der Waals surface area contributed by atoms with Crippen molar-refractivity contribution in [2.75, 3.05) is 6.61 Å². The minimum atomic E-state index is -1.59. The smallest absolute Gasteiger partial charge is 0.253 e. The summed E-state index contributed by atoms with van der Waals surface area (Å²) < 4.78 is 0. The zero-order valence-electron chi connectivity index (χ0n) is 8.08. The van der Waals surface area contributed by atoms with E-state index < -0.39 is 24.5 Å². The first-order chi connectivity index (χ1) is 7.54. The van der Waals surface area contributed by atoms with E-state index in [1.54, 1.807) is 0 Å². The van der Waals surface area contributed by atoms with Crippen LogP contribution in [0.2, 0.25) is 0 Å². The fourth-order valence-electron chi connectivity index (χ4n) is 0.973. The van der Waals surface area contributed by atoms with Gasteiger partial charge in [-0.2, -0.15) is 0 Å². The van der Waals surface area contributed by atoms with Gasteiger partial charge in [-0.3, -0.25) is 9.78 Å². The van der Waals surface area contributed by atoms with Gasteiger partial charge in [-0.15, -0.1) is 0 Å². The number of carbonyl (C=O) groups is 2. The van der Waals surface area contributed by atoms with E-state index in [0.29, 0.717) is 0 Å². The van der Waals surface area contributed by atoms with Gasteiger partial charge in [0.1, 0.15) is 5.75 Å². The minimum absolute atomic E-state index is 0.0142. The molecule has 0 spiro atoms. The Labute approximate surface area is 90.4 Å². The van der Waals surface area contributed by atoms with Crippen molar-refractivity contribution in [2.45, 2.75) is 6.04 Å². The fourth-order valence-corrected chi connectivity index (χ4v) is 0.973. The van der Waals surface area contributed by atoms with Crippen molar-refractivity contribution in [2.24, 2.45) is 0 Å². The van der Waals surface area contributed by atoms with E-state index in [2.05, 4.69) is 4.98 Å². The van der Waals surface area contributed by atoms with Crippen molar-refractivity contribution in [3.05, 3.63) is 24.0 Å². The third-order valence-electron chi connectivity index (χ3n) is 1.76. The molecule has 86 valence electrons. The van der Waals surface area contributed by atoms with Gasteiger partial charge in [0, 0.05) is 6.20 Å². The molecule has 0 aromatic carbocycles. The summed E-state index contributed by atoms with van der Waals surface area (Å²) in [4.78, 5) is 25.4. The highest BCUT2D eigenvalue weighted by atomic mass is 16.4. The predicted octanol–water partition coefficient (Wildman–Crippen LogP) is -2.37. The molecule has 0 aliphatic carbocycles. The van der Waals surface area contributed by atoms with E-state index in [-0.39, 0.29) is 11.3 Å². The van der Waals surface area contributed by atoms with Crippen LogP contribution in [0.4, 0.5) is 0 Å². The summed E-state index contributed by atoms with van der Waals surface area (Å²) in [7, 11) is 0. The zero-order chi connectivity index (χ0) is 12.1. The van der Waals surface area contributed by atoms with Crippen LogP contribution in [0.15, 0.2) is 18.5 Å². The van der Waals surface area contributed by atoms with E-state index in [1.165, 1.54) is 0 Å². The number of nitrogens with one attached hydrogen (secondary N) is 1. The maximum absolute atomic E-state index is 11.4. The highest BCUT2D eigenvalue weighted by Crippen LogP contribution is 2.08. The molecule has 0 aliphatic heterocycles. The Morgan fingerprint density at radius 2 is 2.19 bits per heavy atom. The molecule has 0 bridgehead atoms. The summed E-state index contributed by atoms with van der Waals surface area (Å²) in [6.07, 6.45) is 2.28. The van der Waals surface area contributed by atoms with Crippen molar-refractivity contribution in [3.8, 4) is 5.75 Å². The number of carbonyl (C=O) groups excluding carboxylic acids is 2. The molecule has 3 N–H and O–H groups in total. The number of carboxylic acids is 1. The number of aliphatic carboxylic acids is 1. The molecule has 0 fully saturated rings. The standard InChI is InChI=1S/C9H10N2O5/c12-4-7(9(15)16)11-8(14)5-1-6(13)3-10-2-5/h1-3,7,12-13H,4H2,(H,11,14)(H,15,16)/p-1/t7-/m0/s1. The highest BCUT2D eigenvalue weighted by Gasteiger charge is 2.14. The number of amides is 1. The number of aliphatic hydroxyl groups excluding tert-OH is 1. The summed E-state index contributed by atoms with van der Waals surface area (Å²) in [6.45, 7) is -0.777. The van der Waals surface area contributed by atoms with Crippen LogP contribution in [0.3, 0.4) is 0 Å². The first-order valence-corrected chi connectivity index (χ1v) is 4.31. The molecule has 1 amide bonds. The Bertz CT molecular complexity index is 407. The summed E-state index contributed by atoms with van der Waals surface area (Å²) in [6, 6.07) is -0.374. The van der Waals surface area contributed by atoms with Gasteiger partial charge in [-0.25, -0.2) is 0 Å². The number of aliphatic hydroxyl groups is 1. The van der Waals surface area contributed by atoms with Crippen molar-refractivity contribution in [1.82, 2.24) is 10.3 Å². The molecule has 0 radical (unpaired) electrons. The van der Waals surface area contributed by atoms with Crippen LogP contribution in [0.1, 0.15) is 10.4 Å². The molecular weight excluding hydrogens is 216 g/mol. The average Bonchev–Trinajstić information content (AvgIpc) is 2.25. The van der Waals surface area contributed by atoms with Gasteiger partial charge >= 0.3 is 0 Å². The molecule has 0 aliphatic rings. The van der Waals surface area contributed by atoms with E-state index in [1.807, 2.05) is 5.32 Å². The molecule has 1 aromatic rings. The summed E-state index contributed by atoms with van der Waals surface area (Å²) >= 11 is 0. The number of carboxylic acid groups (broad SMARTS) is 1. The number of nitrogens with zero attached hydrogens (tertiary/aromatic N) is 1. The van der Waals surface area contributed by atoms with E-state index in [9.17, 15) is 14.7 Å². The van der Waals surface area contributed by atoms with Gasteiger partial charge in [0.15, 0.2) is 0 Å². The number of aromatic hydroxyl groups is 1. The second-order valence-electron chi connectivity index (χ2n) is 2.96. The Morgan fingerprint density at radius 3 is 2.69 bits per heavy atom. The third-order valence-corrected chi connectivity index (χ3v) is 1.76. The quantitative estimate of drug-likeness (QED) is 0.526. The van der Waals surface area contributed by atoms with Gasteiger partial charge in [-0.1, -0.05) is 0 Å². The zero-order valence-corrected chi connectivity index (χ0v) is 8.08. The average molecular weight is 225 g/mol. The fraction of sp³-hybridized carbons (Fsp3) is 0.222. The SMILES string of the molecule is O=C(N[C@@H](CO)C(=O)[O-])c1cncc(O)c1. The topological polar surface area (TPSA) is 123 Å². The molecule has 0 saturated carbocycles. The van der Waals surface area contributed by atoms with Crippen LogP contribution >= 0.6 is 0 Å².